The Kier molecular flexibility index (Phi) is 6.03. The van der Waals surface area contributed by atoms with E-state index in [0.717, 1.165) is 25.7 Å². The summed E-state index contributed by atoms with van der Waals surface area (Å²) in [6.07, 6.45) is 4.62. The Morgan fingerprint density at radius 3 is 2.28 bits per heavy atom. The number of ether oxygens (including phenoxy) is 1. The van der Waals surface area contributed by atoms with Crippen molar-refractivity contribution in [1.29, 1.82) is 0 Å². The second-order valence-corrected chi connectivity index (χ2v) is 6.97. The molecule has 25 heavy (non-hydrogen) atoms. The lowest BCUT2D eigenvalue weighted by molar-refractivity contribution is -0.141. The molecule has 1 fully saturated rings. The van der Waals surface area contributed by atoms with Crippen LogP contribution in [0.1, 0.15) is 78.1 Å². The highest BCUT2D eigenvalue weighted by atomic mass is 16.5. The maximum atomic E-state index is 12.6. The van der Waals surface area contributed by atoms with Gasteiger partial charge in [-0.2, -0.15) is 0 Å². The van der Waals surface area contributed by atoms with E-state index in [1.54, 1.807) is 32.7 Å². The van der Waals surface area contributed by atoms with E-state index < -0.39 is 12.1 Å². The number of hydrogen-bond donors (Lipinski definition) is 1. The molecule has 0 spiro atoms. The van der Waals surface area contributed by atoms with E-state index in [9.17, 15) is 14.4 Å². The van der Waals surface area contributed by atoms with Gasteiger partial charge in [-0.05, 0) is 46.1 Å². The van der Waals surface area contributed by atoms with Gasteiger partial charge < -0.3 is 14.6 Å². The fourth-order valence-corrected chi connectivity index (χ4v) is 3.69. The summed E-state index contributed by atoms with van der Waals surface area (Å²) in [7, 11) is 1.78. The summed E-state index contributed by atoms with van der Waals surface area (Å²) in [6, 6.07) is 0.223. The number of rotatable bonds is 5. The summed E-state index contributed by atoms with van der Waals surface area (Å²) in [5.41, 5.74) is 1.94. The summed E-state index contributed by atoms with van der Waals surface area (Å²) in [5.74, 6) is -0.898. The second kappa shape index (κ2) is 7.85. The molecular formula is C19H28N2O4. The van der Waals surface area contributed by atoms with Crippen molar-refractivity contribution in [2.75, 3.05) is 7.05 Å². The number of aromatic nitrogens is 1. The Hall–Kier alpha value is -2.11. The quantitative estimate of drug-likeness (QED) is 0.655. The van der Waals surface area contributed by atoms with E-state index in [1.807, 2.05) is 0 Å². The average Bonchev–Trinajstić information content (AvgIpc) is 2.88. The lowest BCUT2D eigenvalue weighted by atomic mass is 9.94. The normalized spacial score (nSPS) is 16.4. The van der Waals surface area contributed by atoms with E-state index in [4.69, 9.17) is 4.74 Å². The third kappa shape index (κ3) is 4.11. The number of nitrogens with one attached hydrogen (secondary N) is 1. The van der Waals surface area contributed by atoms with E-state index in [0.29, 0.717) is 16.8 Å². The molecule has 1 aliphatic carbocycles. The molecule has 1 N–H and O–H groups in total. The SMILES string of the molecule is CC(=O)c1c(C)[nH]c(C(=O)O[C@H](C)C(=O)N(C)C2CCCCC2)c1C. The summed E-state index contributed by atoms with van der Waals surface area (Å²) in [6.45, 7) is 6.50. The number of carbonyl (C=O) groups excluding carboxylic acids is 3. The number of esters is 1. The summed E-state index contributed by atoms with van der Waals surface area (Å²) in [5, 5.41) is 0. The Morgan fingerprint density at radius 2 is 1.76 bits per heavy atom. The third-order valence-corrected chi connectivity index (χ3v) is 5.10. The number of aromatic amines is 1. The molecule has 2 rings (SSSR count). The maximum Gasteiger partial charge on any atom is 0.355 e. The molecule has 1 amide bonds. The minimum Gasteiger partial charge on any atom is -0.448 e. The zero-order valence-electron chi connectivity index (χ0n) is 15.8. The zero-order valence-corrected chi connectivity index (χ0v) is 15.8. The predicted octanol–water partition coefficient (Wildman–Crippen LogP) is 3.17. The number of likely N-dealkylation sites (N-methyl/N-ethyl adjacent to an activating group) is 1. The van der Waals surface area contributed by atoms with Crippen LogP contribution in [0, 0.1) is 13.8 Å². The van der Waals surface area contributed by atoms with Gasteiger partial charge in [0, 0.05) is 24.3 Å². The first-order valence-electron chi connectivity index (χ1n) is 8.91. The van der Waals surface area contributed by atoms with Gasteiger partial charge in [-0.1, -0.05) is 19.3 Å². The van der Waals surface area contributed by atoms with Crippen LogP contribution < -0.4 is 0 Å². The number of H-pyrrole nitrogens is 1. The number of amides is 1. The number of ketones is 1. The van der Waals surface area contributed by atoms with Crippen molar-refractivity contribution in [3.63, 3.8) is 0 Å². The van der Waals surface area contributed by atoms with E-state index in [1.165, 1.54) is 13.3 Å². The minimum atomic E-state index is -0.858. The van der Waals surface area contributed by atoms with Gasteiger partial charge in [0.15, 0.2) is 11.9 Å². The fourth-order valence-electron chi connectivity index (χ4n) is 3.69. The molecule has 0 aliphatic heterocycles. The Bertz CT molecular complexity index is 671. The van der Waals surface area contributed by atoms with Crippen molar-refractivity contribution in [2.45, 2.75) is 71.9 Å². The van der Waals surface area contributed by atoms with E-state index in [2.05, 4.69) is 4.98 Å². The van der Waals surface area contributed by atoms with Crippen molar-refractivity contribution in [3.05, 3.63) is 22.5 Å². The zero-order chi connectivity index (χ0) is 18.7. The molecule has 0 aromatic carbocycles. The van der Waals surface area contributed by atoms with Gasteiger partial charge >= 0.3 is 5.97 Å². The topological polar surface area (TPSA) is 79.5 Å². The molecule has 0 bridgehead atoms. The van der Waals surface area contributed by atoms with Crippen LogP contribution in [0.3, 0.4) is 0 Å². The highest BCUT2D eigenvalue weighted by Crippen LogP contribution is 2.23. The highest BCUT2D eigenvalue weighted by Gasteiger charge is 2.29. The predicted molar refractivity (Wildman–Crippen MR) is 94.8 cm³/mol. The van der Waals surface area contributed by atoms with Crippen LogP contribution in [0.25, 0.3) is 0 Å². The van der Waals surface area contributed by atoms with Gasteiger partial charge in [-0.3, -0.25) is 9.59 Å². The number of hydrogen-bond acceptors (Lipinski definition) is 4. The molecule has 1 heterocycles. The smallest absolute Gasteiger partial charge is 0.355 e. The monoisotopic (exact) mass is 348 g/mol. The van der Waals surface area contributed by atoms with Crippen LogP contribution in [0.15, 0.2) is 0 Å². The average molecular weight is 348 g/mol. The third-order valence-electron chi connectivity index (χ3n) is 5.10. The number of nitrogens with zero attached hydrogens (tertiary/aromatic N) is 1. The molecule has 1 aromatic rings. The molecule has 1 aromatic heterocycles. The lowest BCUT2D eigenvalue weighted by Crippen LogP contribution is -2.44. The van der Waals surface area contributed by atoms with Crippen molar-refractivity contribution in [3.8, 4) is 0 Å². The molecular weight excluding hydrogens is 320 g/mol. The number of aryl methyl sites for hydroxylation is 1. The molecule has 1 saturated carbocycles. The minimum absolute atomic E-state index is 0.105. The van der Waals surface area contributed by atoms with Gasteiger partial charge in [0.05, 0.1) is 0 Å². The van der Waals surface area contributed by atoms with Crippen molar-refractivity contribution in [1.82, 2.24) is 9.88 Å². The largest absolute Gasteiger partial charge is 0.448 e. The molecule has 1 aliphatic rings. The van der Waals surface area contributed by atoms with Crippen molar-refractivity contribution >= 4 is 17.7 Å². The van der Waals surface area contributed by atoms with Crippen LogP contribution in [0.4, 0.5) is 0 Å². The van der Waals surface area contributed by atoms with Gasteiger partial charge in [0.1, 0.15) is 5.69 Å². The van der Waals surface area contributed by atoms with Gasteiger partial charge in [0.2, 0.25) is 0 Å². The molecule has 0 saturated heterocycles. The first-order valence-corrected chi connectivity index (χ1v) is 8.91. The summed E-state index contributed by atoms with van der Waals surface area (Å²) >= 11 is 0. The lowest BCUT2D eigenvalue weighted by Gasteiger charge is -2.32. The molecule has 138 valence electrons. The van der Waals surface area contributed by atoms with Crippen molar-refractivity contribution in [2.24, 2.45) is 0 Å². The molecule has 6 heteroatoms. The first-order chi connectivity index (χ1) is 11.7. The molecule has 6 nitrogen and oxygen atoms in total. The van der Waals surface area contributed by atoms with Crippen LogP contribution in [-0.4, -0.2) is 46.7 Å². The number of carbonyl (C=O) groups is 3. The summed E-state index contributed by atoms with van der Waals surface area (Å²) < 4.78 is 5.37. The number of Topliss-reactive ketones (excluding diaryl/α,β-unsaturated/α-hetero) is 1. The van der Waals surface area contributed by atoms with Crippen LogP contribution in [-0.2, 0) is 9.53 Å². The van der Waals surface area contributed by atoms with Gasteiger partial charge in [0.25, 0.3) is 5.91 Å². The van der Waals surface area contributed by atoms with Crippen molar-refractivity contribution < 1.29 is 19.1 Å². The molecule has 0 unspecified atom stereocenters. The summed E-state index contributed by atoms with van der Waals surface area (Å²) in [4.78, 5) is 41.3. The molecule has 0 radical (unpaired) electrons. The second-order valence-electron chi connectivity index (χ2n) is 6.97. The Morgan fingerprint density at radius 1 is 1.16 bits per heavy atom. The maximum absolute atomic E-state index is 12.6. The van der Waals surface area contributed by atoms with Crippen LogP contribution >= 0.6 is 0 Å². The van der Waals surface area contributed by atoms with Gasteiger partial charge in [-0.15, -0.1) is 0 Å². The molecule has 1 atom stereocenters. The Balaban J connectivity index is 2.05. The van der Waals surface area contributed by atoms with Crippen LogP contribution in [0.2, 0.25) is 0 Å². The first kappa shape index (κ1) is 19.2. The van der Waals surface area contributed by atoms with Gasteiger partial charge in [-0.25, -0.2) is 4.79 Å². The fraction of sp³-hybridized carbons (Fsp3) is 0.632. The standard InChI is InChI=1S/C19H28N2O4/c1-11-16(13(3)22)12(2)20-17(11)19(24)25-14(4)18(23)21(5)15-9-7-6-8-10-15/h14-15,20H,6-10H2,1-5H3/t14-/m1/s1. The highest BCUT2D eigenvalue weighted by molar-refractivity contribution is 6.01. The van der Waals surface area contributed by atoms with E-state index in [-0.39, 0.29) is 23.4 Å². The Labute approximate surface area is 148 Å². The van der Waals surface area contributed by atoms with Crippen LogP contribution in [0.5, 0.6) is 0 Å². The van der Waals surface area contributed by atoms with E-state index >= 15 is 0 Å².